The summed E-state index contributed by atoms with van der Waals surface area (Å²) in [6.07, 6.45) is 1.60. The number of ether oxygens (including phenoxy) is 1. The Labute approximate surface area is 109 Å². The molecule has 5 heteroatoms. The Morgan fingerprint density at radius 1 is 1.39 bits per heavy atom. The third kappa shape index (κ3) is 3.93. The second-order valence-electron chi connectivity index (χ2n) is 5.59. The summed E-state index contributed by atoms with van der Waals surface area (Å²) in [4.78, 5) is 16.3. The molecule has 2 unspecified atom stereocenters. The molecule has 0 saturated carbocycles. The molecule has 18 heavy (non-hydrogen) atoms. The molecule has 0 aromatic carbocycles. The Morgan fingerprint density at radius 2 is 2.11 bits per heavy atom. The fourth-order valence-electron chi connectivity index (χ4n) is 2.76. The Morgan fingerprint density at radius 3 is 2.78 bits per heavy atom. The van der Waals surface area contributed by atoms with E-state index in [1.54, 1.807) is 0 Å². The summed E-state index contributed by atoms with van der Waals surface area (Å²) < 4.78 is 5.35. The molecular formula is C13H25N3O2. The molecule has 2 heterocycles. The topological polar surface area (TPSA) is 58.8 Å². The van der Waals surface area contributed by atoms with Gasteiger partial charge in [-0.15, -0.1) is 0 Å². The molecule has 0 aliphatic carbocycles. The summed E-state index contributed by atoms with van der Waals surface area (Å²) in [6, 6.07) is -0.0317. The van der Waals surface area contributed by atoms with Gasteiger partial charge in [0.1, 0.15) is 0 Å². The van der Waals surface area contributed by atoms with E-state index < -0.39 is 0 Å². The lowest BCUT2D eigenvalue weighted by Gasteiger charge is -2.29. The molecule has 2 aliphatic heterocycles. The first-order chi connectivity index (χ1) is 8.65. The van der Waals surface area contributed by atoms with Crippen molar-refractivity contribution >= 4 is 5.91 Å². The minimum Gasteiger partial charge on any atom is -0.379 e. The van der Waals surface area contributed by atoms with Crippen molar-refractivity contribution in [3.05, 3.63) is 0 Å². The normalized spacial score (nSPS) is 27.4. The number of rotatable bonds is 4. The Hall–Kier alpha value is -0.650. The smallest absolute Gasteiger partial charge is 0.224 e. The number of likely N-dealkylation sites (tertiary alicyclic amines) is 1. The van der Waals surface area contributed by atoms with Gasteiger partial charge in [-0.2, -0.15) is 0 Å². The van der Waals surface area contributed by atoms with Crippen LogP contribution in [-0.4, -0.2) is 67.7 Å². The fraction of sp³-hybridized carbons (Fsp3) is 0.923. The van der Waals surface area contributed by atoms with Gasteiger partial charge in [-0.25, -0.2) is 0 Å². The van der Waals surface area contributed by atoms with Gasteiger partial charge in [-0.05, 0) is 19.3 Å². The van der Waals surface area contributed by atoms with E-state index in [-0.39, 0.29) is 11.9 Å². The highest BCUT2D eigenvalue weighted by atomic mass is 16.5. The molecule has 2 aliphatic rings. The van der Waals surface area contributed by atoms with E-state index in [2.05, 4.69) is 4.90 Å². The lowest BCUT2D eigenvalue weighted by atomic mass is 10.1. The second kappa shape index (κ2) is 6.50. The molecular weight excluding hydrogens is 230 g/mol. The first-order valence-corrected chi connectivity index (χ1v) is 6.98. The van der Waals surface area contributed by atoms with E-state index in [0.717, 1.165) is 52.4 Å². The monoisotopic (exact) mass is 255 g/mol. The van der Waals surface area contributed by atoms with Crippen LogP contribution < -0.4 is 5.73 Å². The zero-order valence-corrected chi connectivity index (χ0v) is 11.3. The summed E-state index contributed by atoms with van der Waals surface area (Å²) in [5.74, 6) is 0.842. The van der Waals surface area contributed by atoms with Crippen LogP contribution in [0.2, 0.25) is 0 Å². The van der Waals surface area contributed by atoms with Crippen molar-refractivity contribution in [2.75, 3.05) is 45.9 Å². The second-order valence-corrected chi connectivity index (χ2v) is 5.59. The van der Waals surface area contributed by atoms with Crippen LogP contribution >= 0.6 is 0 Å². The molecule has 1 amide bonds. The predicted octanol–water partition coefficient (Wildman–Crippen LogP) is -0.0956. The lowest BCUT2D eigenvalue weighted by molar-refractivity contribution is -0.130. The van der Waals surface area contributed by atoms with Crippen molar-refractivity contribution in [3.8, 4) is 0 Å². The van der Waals surface area contributed by atoms with Gasteiger partial charge in [0.05, 0.1) is 13.2 Å². The van der Waals surface area contributed by atoms with Gasteiger partial charge in [0.15, 0.2) is 0 Å². The molecule has 2 rings (SSSR count). The first kappa shape index (κ1) is 13.8. The predicted molar refractivity (Wildman–Crippen MR) is 70.2 cm³/mol. The number of morpholine rings is 1. The average molecular weight is 255 g/mol. The number of nitrogens with two attached hydrogens (primary N) is 1. The summed E-state index contributed by atoms with van der Waals surface area (Å²) in [7, 11) is 0. The van der Waals surface area contributed by atoms with Crippen LogP contribution in [0.4, 0.5) is 0 Å². The number of nitrogens with zero attached hydrogens (tertiary/aromatic N) is 2. The van der Waals surface area contributed by atoms with Crippen LogP contribution in [0.5, 0.6) is 0 Å². The van der Waals surface area contributed by atoms with Crippen LogP contribution in [0.1, 0.15) is 19.8 Å². The number of hydrogen-bond donors (Lipinski definition) is 1. The van der Waals surface area contributed by atoms with Crippen molar-refractivity contribution in [2.45, 2.75) is 25.8 Å². The van der Waals surface area contributed by atoms with Crippen LogP contribution in [0.25, 0.3) is 0 Å². The highest BCUT2D eigenvalue weighted by molar-refractivity contribution is 5.77. The first-order valence-electron chi connectivity index (χ1n) is 6.98. The quantitative estimate of drug-likeness (QED) is 0.762. The van der Waals surface area contributed by atoms with Crippen LogP contribution in [0.15, 0.2) is 0 Å². The van der Waals surface area contributed by atoms with Gasteiger partial charge in [0.2, 0.25) is 5.91 Å². The summed E-state index contributed by atoms with van der Waals surface area (Å²) in [5.41, 5.74) is 5.68. The maximum atomic E-state index is 11.9. The molecule has 5 nitrogen and oxygen atoms in total. The van der Waals surface area contributed by atoms with Gasteiger partial charge in [-0.3, -0.25) is 9.69 Å². The van der Waals surface area contributed by atoms with Crippen LogP contribution in [0, 0.1) is 5.92 Å². The standard InChI is InChI=1S/C13H25N3O2/c1-11(14)8-13(17)16-3-2-12(10-16)9-15-4-6-18-7-5-15/h11-12H,2-10,14H2,1H3. The number of carbonyl (C=O) groups is 1. The van der Waals surface area contributed by atoms with Gasteiger partial charge >= 0.3 is 0 Å². The van der Waals surface area contributed by atoms with Crippen molar-refractivity contribution in [3.63, 3.8) is 0 Å². The third-order valence-corrected chi connectivity index (χ3v) is 3.76. The summed E-state index contributed by atoms with van der Waals surface area (Å²) in [5, 5.41) is 0. The molecule has 2 N–H and O–H groups in total. The van der Waals surface area contributed by atoms with Gasteiger partial charge in [0, 0.05) is 45.2 Å². The van der Waals surface area contributed by atoms with Crippen LogP contribution in [0.3, 0.4) is 0 Å². The van der Waals surface area contributed by atoms with Crippen molar-refractivity contribution < 1.29 is 9.53 Å². The van der Waals surface area contributed by atoms with E-state index in [0.29, 0.717) is 12.3 Å². The number of hydrogen-bond acceptors (Lipinski definition) is 4. The van der Waals surface area contributed by atoms with E-state index >= 15 is 0 Å². The average Bonchev–Trinajstić information content (AvgIpc) is 2.78. The fourth-order valence-corrected chi connectivity index (χ4v) is 2.76. The summed E-state index contributed by atoms with van der Waals surface area (Å²) in [6.45, 7) is 8.56. The maximum absolute atomic E-state index is 11.9. The lowest BCUT2D eigenvalue weighted by Crippen LogP contribution is -2.40. The van der Waals surface area contributed by atoms with E-state index in [1.807, 2.05) is 11.8 Å². The maximum Gasteiger partial charge on any atom is 0.224 e. The van der Waals surface area contributed by atoms with E-state index in [9.17, 15) is 4.79 Å². The minimum absolute atomic E-state index is 0.0317. The van der Waals surface area contributed by atoms with Crippen molar-refractivity contribution in [2.24, 2.45) is 11.7 Å². The molecule has 0 aromatic heterocycles. The summed E-state index contributed by atoms with van der Waals surface area (Å²) >= 11 is 0. The van der Waals surface area contributed by atoms with Crippen LogP contribution in [-0.2, 0) is 9.53 Å². The zero-order valence-electron chi connectivity index (χ0n) is 11.3. The highest BCUT2D eigenvalue weighted by Crippen LogP contribution is 2.19. The SMILES string of the molecule is CC(N)CC(=O)N1CCC(CN2CCOCC2)C1. The van der Waals surface area contributed by atoms with Gasteiger partial charge < -0.3 is 15.4 Å². The Balaban J connectivity index is 1.72. The molecule has 104 valence electrons. The van der Waals surface area contributed by atoms with Gasteiger partial charge in [0.25, 0.3) is 0 Å². The number of carbonyl (C=O) groups excluding carboxylic acids is 1. The molecule has 2 fully saturated rings. The molecule has 0 radical (unpaired) electrons. The molecule has 0 aromatic rings. The van der Waals surface area contributed by atoms with Crippen molar-refractivity contribution in [1.29, 1.82) is 0 Å². The zero-order chi connectivity index (χ0) is 13.0. The van der Waals surface area contributed by atoms with E-state index in [1.165, 1.54) is 0 Å². The van der Waals surface area contributed by atoms with E-state index in [4.69, 9.17) is 10.5 Å². The highest BCUT2D eigenvalue weighted by Gasteiger charge is 2.28. The number of amides is 1. The molecule has 0 bridgehead atoms. The Kier molecular flexibility index (Phi) is 4.97. The van der Waals surface area contributed by atoms with Gasteiger partial charge in [-0.1, -0.05) is 0 Å². The largest absolute Gasteiger partial charge is 0.379 e. The Bertz CT molecular complexity index is 277. The molecule has 2 atom stereocenters. The minimum atomic E-state index is -0.0317. The molecule has 0 spiro atoms. The molecule has 2 saturated heterocycles. The third-order valence-electron chi connectivity index (χ3n) is 3.76. The van der Waals surface area contributed by atoms with Crippen molar-refractivity contribution in [1.82, 2.24) is 9.80 Å².